The second kappa shape index (κ2) is 4.24. The molecule has 0 aromatic heterocycles. The van der Waals surface area contributed by atoms with Gasteiger partial charge in [-0.15, -0.1) is 0 Å². The van der Waals surface area contributed by atoms with E-state index in [1.165, 1.54) is 12.8 Å². The Balaban J connectivity index is 1.81. The predicted molar refractivity (Wildman–Crippen MR) is 62.2 cm³/mol. The van der Waals surface area contributed by atoms with Gasteiger partial charge in [-0.1, -0.05) is 0 Å². The lowest BCUT2D eigenvalue weighted by Crippen LogP contribution is -2.43. The molecular formula is C12H22N2O2. The van der Waals surface area contributed by atoms with Crippen molar-refractivity contribution in [3.63, 3.8) is 0 Å². The Morgan fingerprint density at radius 1 is 1.31 bits per heavy atom. The fraction of sp³-hybridized carbons (Fsp3) is 0.917. The molecule has 2 atom stereocenters. The molecule has 2 N–H and O–H groups in total. The summed E-state index contributed by atoms with van der Waals surface area (Å²) < 4.78 is 5.27. The van der Waals surface area contributed by atoms with Crippen molar-refractivity contribution >= 4 is 6.09 Å². The summed E-state index contributed by atoms with van der Waals surface area (Å²) in [6.07, 6.45) is 2.35. The number of hydrogen-bond donors (Lipinski definition) is 2. The highest BCUT2D eigenvalue weighted by Gasteiger charge is 2.40. The average molecular weight is 226 g/mol. The van der Waals surface area contributed by atoms with Crippen LogP contribution in [0, 0.1) is 11.8 Å². The van der Waals surface area contributed by atoms with Crippen molar-refractivity contribution < 1.29 is 9.53 Å². The molecule has 16 heavy (non-hydrogen) atoms. The number of carbonyl (C=O) groups excluding carboxylic acids is 1. The summed E-state index contributed by atoms with van der Waals surface area (Å²) in [5.41, 5.74) is -0.412. The first-order chi connectivity index (χ1) is 7.46. The maximum atomic E-state index is 11.6. The highest BCUT2D eigenvalue weighted by Crippen LogP contribution is 2.39. The van der Waals surface area contributed by atoms with Crippen molar-refractivity contribution in [2.45, 2.75) is 45.3 Å². The first-order valence-electron chi connectivity index (χ1n) is 6.16. The van der Waals surface area contributed by atoms with Crippen LogP contribution >= 0.6 is 0 Å². The summed E-state index contributed by atoms with van der Waals surface area (Å²) in [6.45, 7) is 7.57. The summed E-state index contributed by atoms with van der Waals surface area (Å²) in [7, 11) is 0. The lowest BCUT2D eigenvalue weighted by Gasteiger charge is -2.24. The van der Waals surface area contributed by atoms with Gasteiger partial charge in [0.05, 0.1) is 0 Å². The second-order valence-electron chi connectivity index (χ2n) is 5.91. The fourth-order valence-corrected chi connectivity index (χ4v) is 2.34. The van der Waals surface area contributed by atoms with Crippen molar-refractivity contribution in [2.24, 2.45) is 11.8 Å². The van der Waals surface area contributed by atoms with Gasteiger partial charge in [-0.05, 0) is 45.4 Å². The zero-order valence-electron chi connectivity index (χ0n) is 10.4. The number of amides is 1. The van der Waals surface area contributed by atoms with E-state index >= 15 is 0 Å². The molecule has 2 aliphatic rings. The third-order valence-electron chi connectivity index (χ3n) is 3.19. The van der Waals surface area contributed by atoms with Gasteiger partial charge in [0, 0.05) is 19.1 Å². The van der Waals surface area contributed by atoms with Gasteiger partial charge in [-0.3, -0.25) is 0 Å². The first-order valence-corrected chi connectivity index (χ1v) is 6.16. The molecule has 1 amide bonds. The predicted octanol–water partition coefficient (Wildman–Crippen LogP) is 1.51. The number of alkyl carbamates (subject to hydrolysis) is 1. The summed E-state index contributed by atoms with van der Waals surface area (Å²) in [6, 6.07) is 0.252. The molecule has 0 radical (unpaired) electrons. The minimum atomic E-state index is -0.412. The van der Waals surface area contributed by atoms with Gasteiger partial charge in [-0.25, -0.2) is 4.79 Å². The smallest absolute Gasteiger partial charge is 0.407 e. The SMILES string of the molecule is CC(C)(C)OC(=O)N[C@@H]1CNC[C@H]1C1CC1. The molecule has 0 bridgehead atoms. The van der Waals surface area contributed by atoms with Crippen LogP contribution in [0.15, 0.2) is 0 Å². The molecule has 1 saturated carbocycles. The zero-order valence-corrected chi connectivity index (χ0v) is 10.4. The number of rotatable bonds is 2. The van der Waals surface area contributed by atoms with E-state index < -0.39 is 5.60 Å². The van der Waals surface area contributed by atoms with Gasteiger partial charge in [0.25, 0.3) is 0 Å². The Hall–Kier alpha value is -0.770. The molecule has 0 unspecified atom stereocenters. The van der Waals surface area contributed by atoms with E-state index in [0.717, 1.165) is 19.0 Å². The first kappa shape index (κ1) is 11.7. The van der Waals surface area contributed by atoms with E-state index in [1.807, 2.05) is 20.8 Å². The maximum Gasteiger partial charge on any atom is 0.407 e. The van der Waals surface area contributed by atoms with Crippen molar-refractivity contribution in [2.75, 3.05) is 13.1 Å². The van der Waals surface area contributed by atoms with E-state index in [2.05, 4.69) is 10.6 Å². The molecule has 1 aliphatic carbocycles. The van der Waals surface area contributed by atoms with Crippen LogP contribution in [-0.4, -0.2) is 30.8 Å². The zero-order chi connectivity index (χ0) is 11.8. The van der Waals surface area contributed by atoms with Crippen molar-refractivity contribution in [3.8, 4) is 0 Å². The van der Waals surface area contributed by atoms with E-state index in [-0.39, 0.29) is 12.1 Å². The van der Waals surface area contributed by atoms with Crippen LogP contribution in [0.5, 0.6) is 0 Å². The molecule has 2 fully saturated rings. The molecule has 1 aliphatic heterocycles. The Morgan fingerprint density at radius 2 is 2.00 bits per heavy atom. The van der Waals surface area contributed by atoms with Gasteiger partial charge >= 0.3 is 6.09 Å². The molecule has 0 aromatic carbocycles. The Kier molecular flexibility index (Phi) is 3.10. The number of hydrogen-bond acceptors (Lipinski definition) is 3. The third kappa shape index (κ3) is 3.11. The summed E-state index contributed by atoms with van der Waals surface area (Å²) in [5.74, 6) is 1.42. The third-order valence-corrected chi connectivity index (χ3v) is 3.19. The number of carbonyl (C=O) groups is 1. The van der Waals surface area contributed by atoms with E-state index in [1.54, 1.807) is 0 Å². The lowest BCUT2D eigenvalue weighted by molar-refractivity contribution is 0.0495. The summed E-state index contributed by atoms with van der Waals surface area (Å²) in [5, 5.41) is 6.32. The molecule has 92 valence electrons. The molecule has 1 saturated heterocycles. The standard InChI is InChI=1S/C12H22N2O2/c1-12(2,3)16-11(15)14-10-7-13-6-9(10)8-4-5-8/h8-10,13H,4-7H2,1-3H3,(H,14,15)/t9-,10+/m0/s1. The Labute approximate surface area is 97.1 Å². The van der Waals surface area contributed by atoms with Crippen LogP contribution in [0.1, 0.15) is 33.6 Å². The van der Waals surface area contributed by atoms with E-state index in [0.29, 0.717) is 5.92 Å². The molecule has 0 aromatic rings. The topological polar surface area (TPSA) is 50.4 Å². The average Bonchev–Trinajstić information content (AvgIpc) is 2.85. The largest absolute Gasteiger partial charge is 0.444 e. The van der Waals surface area contributed by atoms with Crippen LogP contribution in [0.2, 0.25) is 0 Å². The molecule has 1 heterocycles. The van der Waals surface area contributed by atoms with Crippen LogP contribution in [0.3, 0.4) is 0 Å². The monoisotopic (exact) mass is 226 g/mol. The number of ether oxygens (including phenoxy) is 1. The molecule has 4 nitrogen and oxygen atoms in total. The number of nitrogens with one attached hydrogen (secondary N) is 2. The highest BCUT2D eigenvalue weighted by atomic mass is 16.6. The van der Waals surface area contributed by atoms with Crippen molar-refractivity contribution in [1.82, 2.24) is 10.6 Å². The van der Waals surface area contributed by atoms with Crippen molar-refractivity contribution in [1.29, 1.82) is 0 Å². The van der Waals surface area contributed by atoms with Crippen LogP contribution in [0.4, 0.5) is 4.79 Å². The normalized spacial score (nSPS) is 30.2. The Bertz CT molecular complexity index is 269. The maximum absolute atomic E-state index is 11.6. The minimum Gasteiger partial charge on any atom is -0.444 e. The van der Waals surface area contributed by atoms with Crippen LogP contribution in [-0.2, 0) is 4.74 Å². The van der Waals surface area contributed by atoms with Gasteiger partial charge in [0.1, 0.15) is 5.60 Å². The molecule has 2 rings (SSSR count). The van der Waals surface area contributed by atoms with E-state index in [4.69, 9.17) is 4.74 Å². The fourth-order valence-electron chi connectivity index (χ4n) is 2.34. The minimum absolute atomic E-state index is 0.252. The van der Waals surface area contributed by atoms with Gasteiger partial charge in [0.15, 0.2) is 0 Å². The van der Waals surface area contributed by atoms with Gasteiger partial charge in [0.2, 0.25) is 0 Å². The van der Waals surface area contributed by atoms with Crippen LogP contribution in [0.25, 0.3) is 0 Å². The van der Waals surface area contributed by atoms with E-state index in [9.17, 15) is 4.79 Å². The quantitative estimate of drug-likeness (QED) is 0.750. The molecular weight excluding hydrogens is 204 g/mol. The summed E-state index contributed by atoms with van der Waals surface area (Å²) in [4.78, 5) is 11.6. The summed E-state index contributed by atoms with van der Waals surface area (Å²) >= 11 is 0. The van der Waals surface area contributed by atoms with Crippen molar-refractivity contribution in [3.05, 3.63) is 0 Å². The lowest BCUT2D eigenvalue weighted by atomic mass is 9.98. The van der Waals surface area contributed by atoms with Gasteiger partial charge in [-0.2, -0.15) is 0 Å². The Morgan fingerprint density at radius 3 is 2.56 bits per heavy atom. The highest BCUT2D eigenvalue weighted by molar-refractivity contribution is 5.68. The second-order valence-corrected chi connectivity index (χ2v) is 5.91. The van der Waals surface area contributed by atoms with Gasteiger partial charge < -0.3 is 15.4 Å². The molecule has 0 spiro atoms. The van der Waals surface area contributed by atoms with Crippen LogP contribution < -0.4 is 10.6 Å². The molecule has 4 heteroatoms.